The van der Waals surface area contributed by atoms with Gasteiger partial charge in [-0.2, -0.15) is 0 Å². The van der Waals surface area contributed by atoms with E-state index in [1.54, 1.807) is 44.4 Å². The summed E-state index contributed by atoms with van der Waals surface area (Å²) in [6.07, 6.45) is 1.55. The number of hydrogen-bond donors (Lipinski definition) is 2. The molecule has 0 aliphatic rings. The smallest absolute Gasteiger partial charge is 0.261 e. The SMILES string of the molecule is C=CCNC(=O)c1ccccc1NS(=O)(=O)c1ccc(OCCOC)c(C)c1. The van der Waals surface area contributed by atoms with E-state index in [1.807, 2.05) is 0 Å². The number of nitrogens with one attached hydrogen (secondary N) is 2. The number of hydrogen-bond acceptors (Lipinski definition) is 5. The number of anilines is 1. The second-order valence-electron chi connectivity index (χ2n) is 5.92. The Kier molecular flexibility index (Phi) is 7.60. The Hall–Kier alpha value is -2.84. The fourth-order valence-electron chi connectivity index (χ4n) is 2.42. The molecule has 0 aliphatic carbocycles. The van der Waals surface area contributed by atoms with Crippen molar-refractivity contribution < 1.29 is 22.7 Å². The van der Waals surface area contributed by atoms with Gasteiger partial charge in [0.15, 0.2) is 0 Å². The van der Waals surface area contributed by atoms with Crippen LogP contribution in [0.5, 0.6) is 5.75 Å². The molecule has 150 valence electrons. The number of ether oxygens (including phenoxy) is 2. The maximum atomic E-state index is 12.8. The van der Waals surface area contributed by atoms with Crippen molar-refractivity contribution in [2.75, 3.05) is 31.6 Å². The molecule has 0 saturated carbocycles. The highest BCUT2D eigenvalue weighted by Gasteiger charge is 2.19. The zero-order valence-electron chi connectivity index (χ0n) is 15.9. The normalized spacial score (nSPS) is 10.9. The minimum atomic E-state index is -3.88. The van der Waals surface area contributed by atoms with Gasteiger partial charge in [0.2, 0.25) is 0 Å². The summed E-state index contributed by atoms with van der Waals surface area (Å²) in [7, 11) is -2.31. The summed E-state index contributed by atoms with van der Waals surface area (Å²) in [6.45, 7) is 6.39. The molecule has 2 N–H and O–H groups in total. The summed E-state index contributed by atoms with van der Waals surface area (Å²) >= 11 is 0. The van der Waals surface area contributed by atoms with E-state index in [-0.39, 0.29) is 22.7 Å². The van der Waals surface area contributed by atoms with Gasteiger partial charge < -0.3 is 14.8 Å². The number of rotatable bonds is 10. The molecule has 2 aromatic rings. The Morgan fingerprint density at radius 3 is 2.61 bits per heavy atom. The zero-order chi connectivity index (χ0) is 20.6. The van der Waals surface area contributed by atoms with E-state index in [4.69, 9.17) is 9.47 Å². The van der Waals surface area contributed by atoms with E-state index in [9.17, 15) is 13.2 Å². The van der Waals surface area contributed by atoms with Gasteiger partial charge in [0.05, 0.1) is 22.8 Å². The number of aryl methyl sites for hydroxylation is 1. The highest BCUT2D eigenvalue weighted by atomic mass is 32.2. The summed E-state index contributed by atoms with van der Waals surface area (Å²) < 4.78 is 38.6. The fraction of sp³-hybridized carbons (Fsp3) is 0.250. The lowest BCUT2D eigenvalue weighted by Gasteiger charge is -2.14. The van der Waals surface area contributed by atoms with Gasteiger partial charge in [0.25, 0.3) is 15.9 Å². The third kappa shape index (κ3) is 5.58. The van der Waals surface area contributed by atoms with Crippen LogP contribution in [-0.2, 0) is 14.8 Å². The fourth-order valence-corrected chi connectivity index (χ4v) is 3.58. The summed E-state index contributed by atoms with van der Waals surface area (Å²) in [5, 5.41) is 2.64. The molecule has 0 aromatic heterocycles. The number of amides is 1. The van der Waals surface area contributed by atoms with Crippen LogP contribution in [-0.4, -0.2) is 41.2 Å². The maximum absolute atomic E-state index is 12.8. The van der Waals surface area contributed by atoms with Crippen molar-refractivity contribution >= 4 is 21.6 Å². The molecule has 0 aliphatic heterocycles. The second-order valence-corrected chi connectivity index (χ2v) is 7.60. The lowest BCUT2D eigenvalue weighted by atomic mass is 10.1. The van der Waals surface area contributed by atoms with Crippen LogP contribution in [0.15, 0.2) is 60.0 Å². The van der Waals surface area contributed by atoms with Crippen LogP contribution in [0.4, 0.5) is 5.69 Å². The number of methoxy groups -OCH3 is 1. The number of sulfonamides is 1. The molecule has 0 radical (unpaired) electrons. The first-order valence-electron chi connectivity index (χ1n) is 8.62. The van der Waals surface area contributed by atoms with Crippen LogP contribution in [0.25, 0.3) is 0 Å². The summed E-state index contributed by atoms with van der Waals surface area (Å²) in [5.41, 5.74) is 1.10. The van der Waals surface area contributed by atoms with Crippen LogP contribution in [0.1, 0.15) is 15.9 Å². The molecule has 0 heterocycles. The van der Waals surface area contributed by atoms with Crippen molar-refractivity contribution in [1.82, 2.24) is 5.32 Å². The van der Waals surface area contributed by atoms with Crippen molar-refractivity contribution in [2.24, 2.45) is 0 Å². The molecular formula is C20H24N2O5S. The van der Waals surface area contributed by atoms with Crippen molar-refractivity contribution in [3.63, 3.8) is 0 Å². The predicted molar refractivity (Wildman–Crippen MR) is 108 cm³/mol. The van der Waals surface area contributed by atoms with Crippen molar-refractivity contribution in [3.05, 3.63) is 66.2 Å². The Bertz CT molecular complexity index is 941. The molecule has 8 heteroatoms. The number of benzene rings is 2. The van der Waals surface area contributed by atoms with Crippen LogP contribution in [0, 0.1) is 6.92 Å². The summed E-state index contributed by atoms with van der Waals surface area (Å²) in [6, 6.07) is 11.0. The predicted octanol–water partition coefficient (Wildman–Crippen LogP) is 2.74. The number of para-hydroxylation sites is 1. The molecule has 0 atom stereocenters. The van der Waals surface area contributed by atoms with Crippen LogP contribution >= 0.6 is 0 Å². The first-order chi connectivity index (χ1) is 13.4. The van der Waals surface area contributed by atoms with Gasteiger partial charge in [-0.05, 0) is 42.8 Å². The molecule has 0 spiro atoms. The molecule has 0 fully saturated rings. The lowest BCUT2D eigenvalue weighted by Crippen LogP contribution is -2.25. The first-order valence-corrected chi connectivity index (χ1v) is 10.1. The van der Waals surface area contributed by atoms with Gasteiger partial charge in [-0.15, -0.1) is 6.58 Å². The third-order valence-corrected chi connectivity index (χ3v) is 5.19. The zero-order valence-corrected chi connectivity index (χ0v) is 16.7. The number of carbonyl (C=O) groups is 1. The van der Waals surface area contributed by atoms with Crippen molar-refractivity contribution in [2.45, 2.75) is 11.8 Å². The van der Waals surface area contributed by atoms with E-state index in [2.05, 4.69) is 16.6 Å². The molecule has 0 bridgehead atoms. The minimum Gasteiger partial charge on any atom is -0.491 e. The molecule has 7 nitrogen and oxygen atoms in total. The van der Waals surface area contributed by atoms with E-state index in [0.717, 1.165) is 0 Å². The topological polar surface area (TPSA) is 93.7 Å². The minimum absolute atomic E-state index is 0.0744. The van der Waals surface area contributed by atoms with Gasteiger partial charge in [-0.1, -0.05) is 18.2 Å². The standard InChI is InChI=1S/C20H24N2O5S/c1-4-11-21-20(23)17-7-5-6-8-18(17)22-28(24,25)16-9-10-19(15(2)14-16)27-13-12-26-3/h4-10,14,22H,1,11-13H2,2-3H3,(H,21,23). The molecule has 0 unspecified atom stereocenters. The van der Waals surface area contributed by atoms with Crippen LogP contribution < -0.4 is 14.8 Å². The van der Waals surface area contributed by atoms with Gasteiger partial charge >= 0.3 is 0 Å². The summed E-state index contributed by atoms with van der Waals surface area (Å²) in [4.78, 5) is 12.3. The van der Waals surface area contributed by atoms with E-state index in [1.165, 1.54) is 18.2 Å². The Balaban J connectivity index is 2.23. The van der Waals surface area contributed by atoms with Crippen LogP contribution in [0.2, 0.25) is 0 Å². The van der Waals surface area contributed by atoms with E-state index < -0.39 is 15.9 Å². The quantitative estimate of drug-likeness (QED) is 0.469. The Morgan fingerprint density at radius 1 is 1.18 bits per heavy atom. The average Bonchev–Trinajstić information content (AvgIpc) is 2.67. The molecule has 28 heavy (non-hydrogen) atoms. The third-order valence-electron chi connectivity index (χ3n) is 3.82. The molecule has 2 aromatic carbocycles. The monoisotopic (exact) mass is 404 g/mol. The van der Waals surface area contributed by atoms with Gasteiger partial charge in [-0.25, -0.2) is 8.42 Å². The van der Waals surface area contributed by atoms with Crippen LogP contribution in [0.3, 0.4) is 0 Å². The largest absolute Gasteiger partial charge is 0.491 e. The highest BCUT2D eigenvalue weighted by Crippen LogP contribution is 2.25. The average molecular weight is 404 g/mol. The van der Waals surface area contributed by atoms with Crippen molar-refractivity contribution in [1.29, 1.82) is 0 Å². The molecule has 1 amide bonds. The molecular weight excluding hydrogens is 380 g/mol. The van der Waals surface area contributed by atoms with E-state index in [0.29, 0.717) is 24.5 Å². The highest BCUT2D eigenvalue weighted by molar-refractivity contribution is 7.92. The molecule has 0 saturated heterocycles. The van der Waals surface area contributed by atoms with Gasteiger partial charge in [0, 0.05) is 13.7 Å². The van der Waals surface area contributed by atoms with Crippen molar-refractivity contribution in [3.8, 4) is 5.75 Å². The lowest BCUT2D eigenvalue weighted by molar-refractivity contribution is 0.0959. The Labute approximate surface area is 165 Å². The Morgan fingerprint density at radius 2 is 1.93 bits per heavy atom. The van der Waals surface area contributed by atoms with E-state index >= 15 is 0 Å². The second kappa shape index (κ2) is 9.91. The van der Waals surface area contributed by atoms with Gasteiger partial charge in [-0.3, -0.25) is 9.52 Å². The first kappa shape index (κ1) is 21.5. The maximum Gasteiger partial charge on any atom is 0.261 e. The summed E-state index contributed by atoms with van der Waals surface area (Å²) in [5.74, 6) is 0.191. The number of carbonyl (C=O) groups excluding carboxylic acids is 1. The molecule has 2 rings (SSSR count). The van der Waals surface area contributed by atoms with Gasteiger partial charge in [0.1, 0.15) is 12.4 Å².